The summed E-state index contributed by atoms with van der Waals surface area (Å²) >= 11 is 1.66. The van der Waals surface area contributed by atoms with Crippen LogP contribution >= 0.6 is 11.8 Å². The van der Waals surface area contributed by atoms with Crippen molar-refractivity contribution in [3.05, 3.63) is 30.3 Å². The zero-order valence-corrected chi connectivity index (χ0v) is 14.8. The van der Waals surface area contributed by atoms with Crippen LogP contribution in [0.25, 0.3) is 11.4 Å². The zero-order chi connectivity index (χ0) is 16.7. The Morgan fingerprint density at radius 2 is 2.00 bits per heavy atom. The maximum Gasteiger partial charge on any atom is 0.220 e. The Hall–Kier alpha value is -1.82. The SMILES string of the molecule is CCn1c(SCCCC(=O)NC(C)C)nnc1-c1ccccc1. The predicted molar refractivity (Wildman–Crippen MR) is 94.4 cm³/mol. The van der Waals surface area contributed by atoms with E-state index in [9.17, 15) is 4.79 Å². The lowest BCUT2D eigenvalue weighted by atomic mass is 10.2. The molecule has 0 aliphatic carbocycles. The molecular weight excluding hydrogens is 308 g/mol. The number of nitrogens with zero attached hydrogens (tertiary/aromatic N) is 3. The van der Waals surface area contributed by atoms with Gasteiger partial charge in [-0.25, -0.2) is 0 Å². The Balaban J connectivity index is 1.91. The van der Waals surface area contributed by atoms with E-state index in [-0.39, 0.29) is 11.9 Å². The minimum atomic E-state index is 0.113. The largest absolute Gasteiger partial charge is 0.354 e. The van der Waals surface area contributed by atoms with Crippen molar-refractivity contribution in [3.63, 3.8) is 0 Å². The second-order valence-electron chi connectivity index (χ2n) is 5.59. The molecule has 124 valence electrons. The van der Waals surface area contributed by atoms with Gasteiger partial charge in [-0.05, 0) is 27.2 Å². The van der Waals surface area contributed by atoms with E-state index >= 15 is 0 Å². The molecule has 2 rings (SSSR count). The molecule has 2 aromatic rings. The first-order chi connectivity index (χ1) is 11.1. The quantitative estimate of drug-likeness (QED) is 0.595. The maximum absolute atomic E-state index is 11.6. The van der Waals surface area contributed by atoms with E-state index in [4.69, 9.17) is 0 Å². The minimum Gasteiger partial charge on any atom is -0.354 e. The fraction of sp³-hybridized carbons (Fsp3) is 0.471. The van der Waals surface area contributed by atoms with E-state index in [1.165, 1.54) is 0 Å². The minimum absolute atomic E-state index is 0.113. The van der Waals surface area contributed by atoms with Crippen LogP contribution in [0, 0.1) is 0 Å². The number of benzene rings is 1. The number of nitrogens with one attached hydrogen (secondary N) is 1. The predicted octanol–water partition coefficient (Wildman–Crippen LogP) is 3.36. The van der Waals surface area contributed by atoms with Crippen molar-refractivity contribution >= 4 is 17.7 Å². The molecule has 6 heteroatoms. The Labute approximate surface area is 141 Å². The van der Waals surface area contributed by atoms with Gasteiger partial charge in [-0.15, -0.1) is 10.2 Å². The Morgan fingerprint density at radius 3 is 2.65 bits per heavy atom. The number of carbonyl (C=O) groups excluding carboxylic acids is 1. The van der Waals surface area contributed by atoms with Crippen molar-refractivity contribution in [3.8, 4) is 11.4 Å². The molecule has 0 bridgehead atoms. The molecule has 0 unspecified atom stereocenters. The van der Waals surface area contributed by atoms with Crippen LogP contribution in [-0.2, 0) is 11.3 Å². The smallest absolute Gasteiger partial charge is 0.220 e. The van der Waals surface area contributed by atoms with Gasteiger partial charge in [0.25, 0.3) is 0 Å². The Bertz CT molecular complexity index is 625. The summed E-state index contributed by atoms with van der Waals surface area (Å²) in [5.41, 5.74) is 1.07. The van der Waals surface area contributed by atoms with Gasteiger partial charge in [-0.2, -0.15) is 0 Å². The van der Waals surface area contributed by atoms with Crippen LogP contribution < -0.4 is 5.32 Å². The highest BCUT2D eigenvalue weighted by atomic mass is 32.2. The van der Waals surface area contributed by atoms with Gasteiger partial charge in [0.2, 0.25) is 5.91 Å². The molecule has 1 aromatic carbocycles. The molecule has 23 heavy (non-hydrogen) atoms. The molecule has 0 saturated carbocycles. The maximum atomic E-state index is 11.6. The summed E-state index contributed by atoms with van der Waals surface area (Å²) in [5.74, 6) is 1.87. The molecule has 1 N–H and O–H groups in total. The molecular formula is C17H24N4OS. The molecule has 0 aliphatic rings. The van der Waals surface area contributed by atoms with Crippen LogP contribution in [0.15, 0.2) is 35.5 Å². The monoisotopic (exact) mass is 332 g/mol. The second-order valence-corrected chi connectivity index (χ2v) is 6.65. The summed E-state index contributed by atoms with van der Waals surface area (Å²) in [5, 5.41) is 12.4. The van der Waals surface area contributed by atoms with Crippen molar-refractivity contribution in [1.29, 1.82) is 0 Å². The van der Waals surface area contributed by atoms with E-state index in [0.29, 0.717) is 6.42 Å². The molecule has 5 nitrogen and oxygen atoms in total. The molecule has 1 amide bonds. The van der Waals surface area contributed by atoms with Gasteiger partial charge >= 0.3 is 0 Å². The lowest BCUT2D eigenvalue weighted by Gasteiger charge is -2.08. The summed E-state index contributed by atoms with van der Waals surface area (Å²) < 4.78 is 2.12. The van der Waals surface area contributed by atoms with Gasteiger partial charge in [-0.1, -0.05) is 42.1 Å². The van der Waals surface area contributed by atoms with E-state index in [1.54, 1.807) is 11.8 Å². The van der Waals surface area contributed by atoms with Gasteiger partial charge in [0.05, 0.1) is 0 Å². The van der Waals surface area contributed by atoms with Crippen molar-refractivity contribution < 1.29 is 4.79 Å². The van der Waals surface area contributed by atoms with Gasteiger partial charge in [0.15, 0.2) is 11.0 Å². The third-order valence-corrected chi connectivity index (χ3v) is 4.35. The normalized spacial score (nSPS) is 11.0. The third kappa shape index (κ3) is 5.10. The summed E-state index contributed by atoms with van der Waals surface area (Å²) in [6.45, 7) is 6.87. The molecule has 0 aliphatic heterocycles. The van der Waals surface area contributed by atoms with Gasteiger partial charge in [0.1, 0.15) is 0 Å². The molecule has 1 aromatic heterocycles. The standard InChI is InChI=1S/C17H24N4OS/c1-4-21-16(14-9-6-5-7-10-14)19-20-17(21)23-12-8-11-15(22)18-13(2)3/h5-7,9-10,13H,4,8,11-12H2,1-3H3,(H,18,22). The highest BCUT2D eigenvalue weighted by molar-refractivity contribution is 7.99. The fourth-order valence-electron chi connectivity index (χ4n) is 2.27. The van der Waals surface area contributed by atoms with Crippen LogP contribution in [0.5, 0.6) is 0 Å². The number of hydrogen-bond acceptors (Lipinski definition) is 4. The summed E-state index contributed by atoms with van der Waals surface area (Å²) in [4.78, 5) is 11.6. The summed E-state index contributed by atoms with van der Waals surface area (Å²) in [6, 6.07) is 10.3. The Morgan fingerprint density at radius 1 is 1.26 bits per heavy atom. The summed E-state index contributed by atoms with van der Waals surface area (Å²) in [6.07, 6.45) is 1.39. The van der Waals surface area contributed by atoms with Crippen LogP contribution in [0.2, 0.25) is 0 Å². The van der Waals surface area contributed by atoms with Crippen molar-refractivity contribution in [1.82, 2.24) is 20.1 Å². The van der Waals surface area contributed by atoms with Gasteiger partial charge in [-0.3, -0.25) is 4.79 Å². The van der Waals surface area contributed by atoms with E-state index in [2.05, 4.69) is 27.0 Å². The molecule has 0 fully saturated rings. The van der Waals surface area contributed by atoms with E-state index < -0.39 is 0 Å². The molecule has 0 atom stereocenters. The fourth-order valence-corrected chi connectivity index (χ4v) is 3.21. The highest BCUT2D eigenvalue weighted by Gasteiger charge is 2.13. The third-order valence-electron chi connectivity index (χ3n) is 3.29. The van der Waals surface area contributed by atoms with Crippen molar-refractivity contribution in [2.75, 3.05) is 5.75 Å². The number of hydrogen-bond donors (Lipinski definition) is 1. The van der Waals surface area contributed by atoms with E-state index in [1.807, 2.05) is 44.2 Å². The number of aromatic nitrogens is 3. The highest BCUT2D eigenvalue weighted by Crippen LogP contribution is 2.24. The van der Waals surface area contributed by atoms with E-state index in [0.717, 1.165) is 35.3 Å². The zero-order valence-electron chi connectivity index (χ0n) is 14.0. The number of thioether (sulfide) groups is 1. The molecule has 0 radical (unpaired) electrons. The molecule has 0 spiro atoms. The van der Waals surface area contributed by atoms with Crippen molar-refractivity contribution in [2.24, 2.45) is 0 Å². The number of rotatable bonds is 8. The lowest BCUT2D eigenvalue weighted by Crippen LogP contribution is -2.29. The van der Waals surface area contributed by atoms with Crippen LogP contribution in [0.3, 0.4) is 0 Å². The van der Waals surface area contributed by atoms with Gasteiger partial charge < -0.3 is 9.88 Å². The number of carbonyl (C=O) groups is 1. The lowest BCUT2D eigenvalue weighted by molar-refractivity contribution is -0.121. The van der Waals surface area contributed by atoms with Crippen molar-refractivity contribution in [2.45, 2.75) is 51.4 Å². The Kier molecular flexibility index (Phi) is 6.65. The number of amides is 1. The second kappa shape index (κ2) is 8.72. The topological polar surface area (TPSA) is 59.8 Å². The van der Waals surface area contributed by atoms with Crippen LogP contribution in [-0.4, -0.2) is 32.5 Å². The molecule has 1 heterocycles. The first-order valence-electron chi connectivity index (χ1n) is 8.02. The first-order valence-corrected chi connectivity index (χ1v) is 9.01. The molecule has 0 saturated heterocycles. The van der Waals surface area contributed by atoms with Crippen LogP contribution in [0.1, 0.15) is 33.6 Å². The summed E-state index contributed by atoms with van der Waals surface area (Å²) in [7, 11) is 0. The average molecular weight is 332 g/mol. The average Bonchev–Trinajstić information content (AvgIpc) is 2.94. The van der Waals surface area contributed by atoms with Crippen LogP contribution in [0.4, 0.5) is 0 Å². The van der Waals surface area contributed by atoms with Gasteiger partial charge in [0, 0.05) is 30.3 Å². The first kappa shape index (κ1) is 17.5.